The fraction of sp³-hybridized carbons (Fsp3) is 0.625. The number of rotatable bonds is 4. The Morgan fingerprint density at radius 2 is 1.95 bits per heavy atom. The van der Waals surface area contributed by atoms with Gasteiger partial charge in [-0.1, -0.05) is 37.5 Å². The maximum absolute atomic E-state index is 13.6. The van der Waals surface area contributed by atoms with Crippen LogP contribution < -0.4 is 5.73 Å². The third kappa shape index (κ3) is 4.29. The Morgan fingerprint density at radius 3 is 2.74 bits per heavy atom. The average Bonchev–Trinajstić information content (AvgIpc) is 2.58. The number of nitrogens with zero attached hydrogens (tertiary/aromatic N) is 1. The maximum atomic E-state index is 13.6. The molecule has 2 nitrogen and oxygen atoms in total. The van der Waals surface area contributed by atoms with Crippen molar-refractivity contribution in [3.63, 3.8) is 0 Å². The van der Waals surface area contributed by atoms with Gasteiger partial charge in [0.1, 0.15) is 5.82 Å². The number of benzene rings is 1. The first-order chi connectivity index (χ1) is 9.16. The Balaban J connectivity index is 1.89. The monoisotopic (exact) mass is 264 g/mol. The van der Waals surface area contributed by atoms with Crippen LogP contribution in [0.3, 0.4) is 0 Å². The normalized spacial score (nSPS) is 24.4. The van der Waals surface area contributed by atoms with Gasteiger partial charge in [-0.15, -0.1) is 0 Å². The van der Waals surface area contributed by atoms with Gasteiger partial charge in [0.15, 0.2) is 0 Å². The van der Waals surface area contributed by atoms with Gasteiger partial charge in [0, 0.05) is 24.7 Å². The first-order valence-electron chi connectivity index (χ1n) is 7.34. The molecule has 2 atom stereocenters. The van der Waals surface area contributed by atoms with Gasteiger partial charge in [0.2, 0.25) is 0 Å². The Labute approximate surface area is 115 Å². The molecular formula is C16H25FN2. The van der Waals surface area contributed by atoms with E-state index in [4.69, 9.17) is 5.73 Å². The molecule has 1 aliphatic carbocycles. The van der Waals surface area contributed by atoms with Crippen molar-refractivity contribution in [1.29, 1.82) is 0 Å². The summed E-state index contributed by atoms with van der Waals surface area (Å²) in [5.74, 6) is 0.443. The van der Waals surface area contributed by atoms with Gasteiger partial charge >= 0.3 is 0 Å². The molecule has 0 spiro atoms. The molecule has 0 saturated heterocycles. The lowest BCUT2D eigenvalue weighted by Gasteiger charge is -2.27. The van der Waals surface area contributed by atoms with Crippen molar-refractivity contribution < 1.29 is 4.39 Å². The molecule has 0 aliphatic heterocycles. The molecule has 1 saturated carbocycles. The van der Waals surface area contributed by atoms with Gasteiger partial charge < -0.3 is 10.6 Å². The fourth-order valence-electron chi connectivity index (χ4n) is 3.02. The van der Waals surface area contributed by atoms with Crippen molar-refractivity contribution in [2.45, 2.75) is 44.7 Å². The molecular weight excluding hydrogens is 239 g/mol. The average molecular weight is 264 g/mol. The van der Waals surface area contributed by atoms with E-state index in [2.05, 4.69) is 11.9 Å². The van der Waals surface area contributed by atoms with E-state index in [-0.39, 0.29) is 5.82 Å². The lowest BCUT2D eigenvalue weighted by molar-refractivity contribution is 0.234. The van der Waals surface area contributed by atoms with Crippen LogP contribution in [0.25, 0.3) is 0 Å². The van der Waals surface area contributed by atoms with E-state index in [0.29, 0.717) is 18.5 Å². The first-order valence-corrected chi connectivity index (χ1v) is 7.34. The molecule has 0 bridgehead atoms. The molecule has 2 rings (SSSR count). The van der Waals surface area contributed by atoms with Gasteiger partial charge in [-0.25, -0.2) is 4.39 Å². The minimum atomic E-state index is -0.112. The Morgan fingerprint density at radius 1 is 1.21 bits per heavy atom. The quantitative estimate of drug-likeness (QED) is 0.846. The molecule has 106 valence electrons. The predicted molar refractivity (Wildman–Crippen MR) is 77.3 cm³/mol. The summed E-state index contributed by atoms with van der Waals surface area (Å²) < 4.78 is 13.6. The standard InChI is InChI=1S/C16H25FN2/c1-19(11-13-7-5-6-9-15(13)17)12-14-8-3-2-4-10-16(14)18/h5-7,9,14,16H,2-4,8,10-12,18H2,1H3. The van der Waals surface area contributed by atoms with E-state index in [1.165, 1.54) is 31.7 Å². The summed E-state index contributed by atoms with van der Waals surface area (Å²) in [5, 5.41) is 0. The topological polar surface area (TPSA) is 29.3 Å². The van der Waals surface area contributed by atoms with Gasteiger partial charge in [-0.05, 0) is 31.9 Å². The Kier molecular flexibility index (Phi) is 5.34. The van der Waals surface area contributed by atoms with Crippen molar-refractivity contribution in [1.82, 2.24) is 4.90 Å². The van der Waals surface area contributed by atoms with Crippen LogP contribution >= 0.6 is 0 Å². The second kappa shape index (κ2) is 7.01. The van der Waals surface area contributed by atoms with Crippen LogP contribution in [0.15, 0.2) is 24.3 Å². The van der Waals surface area contributed by atoms with Crippen molar-refractivity contribution in [2.24, 2.45) is 11.7 Å². The van der Waals surface area contributed by atoms with E-state index >= 15 is 0 Å². The smallest absolute Gasteiger partial charge is 0.127 e. The third-order valence-electron chi connectivity index (χ3n) is 4.16. The molecule has 0 radical (unpaired) electrons. The summed E-state index contributed by atoms with van der Waals surface area (Å²) >= 11 is 0. The molecule has 1 fully saturated rings. The van der Waals surface area contributed by atoms with Crippen molar-refractivity contribution in [3.05, 3.63) is 35.6 Å². The molecule has 1 aliphatic rings. The highest BCUT2D eigenvalue weighted by Crippen LogP contribution is 2.23. The predicted octanol–water partition coefficient (Wildman–Crippen LogP) is 3.17. The number of hydrogen-bond acceptors (Lipinski definition) is 2. The molecule has 2 N–H and O–H groups in total. The zero-order chi connectivity index (χ0) is 13.7. The maximum Gasteiger partial charge on any atom is 0.127 e. The van der Waals surface area contributed by atoms with E-state index in [1.54, 1.807) is 6.07 Å². The number of nitrogens with two attached hydrogens (primary N) is 1. The molecule has 0 heterocycles. The lowest BCUT2D eigenvalue weighted by Crippen LogP contribution is -2.37. The van der Waals surface area contributed by atoms with Crippen molar-refractivity contribution in [2.75, 3.05) is 13.6 Å². The van der Waals surface area contributed by atoms with Crippen LogP contribution in [0.1, 0.15) is 37.7 Å². The van der Waals surface area contributed by atoms with Crippen LogP contribution in [0.5, 0.6) is 0 Å². The Bertz CT molecular complexity index is 394. The van der Waals surface area contributed by atoms with E-state index in [9.17, 15) is 4.39 Å². The summed E-state index contributed by atoms with van der Waals surface area (Å²) in [7, 11) is 2.06. The summed E-state index contributed by atoms with van der Waals surface area (Å²) in [4.78, 5) is 2.20. The largest absolute Gasteiger partial charge is 0.327 e. The van der Waals surface area contributed by atoms with Crippen molar-refractivity contribution >= 4 is 0 Å². The number of hydrogen-bond donors (Lipinski definition) is 1. The van der Waals surface area contributed by atoms with Gasteiger partial charge in [-0.3, -0.25) is 0 Å². The highest BCUT2D eigenvalue weighted by molar-refractivity contribution is 5.16. The SMILES string of the molecule is CN(Cc1ccccc1F)CC1CCCCCC1N. The van der Waals surface area contributed by atoms with E-state index < -0.39 is 0 Å². The van der Waals surface area contributed by atoms with Crippen LogP contribution in [-0.2, 0) is 6.54 Å². The third-order valence-corrected chi connectivity index (χ3v) is 4.16. The summed E-state index contributed by atoms with van der Waals surface area (Å²) in [5.41, 5.74) is 7.02. The van der Waals surface area contributed by atoms with E-state index in [1.807, 2.05) is 12.1 Å². The molecule has 19 heavy (non-hydrogen) atoms. The van der Waals surface area contributed by atoms with Crippen LogP contribution in [0, 0.1) is 11.7 Å². The van der Waals surface area contributed by atoms with Crippen LogP contribution in [-0.4, -0.2) is 24.5 Å². The molecule has 3 heteroatoms. The zero-order valence-electron chi connectivity index (χ0n) is 11.8. The lowest BCUT2D eigenvalue weighted by atomic mass is 9.95. The minimum Gasteiger partial charge on any atom is -0.327 e. The number of halogens is 1. The summed E-state index contributed by atoms with van der Waals surface area (Å²) in [6.07, 6.45) is 6.20. The fourth-order valence-corrected chi connectivity index (χ4v) is 3.02. The van der Waals surface area contributed by atoms with Gasteiger partial charge in [-0.2, -0.15) is 0 Å². The summed E-state index contributed by atoms with van der Waals surface area (Å²) in [6.45, 7) is 1.63. The van der Waals surface area contributed by atoms with Gasteiger partial charge in [0.25, 0.3) is 0 Å². The second-order valence-corrected chi connectivity index (χ2v) is 5.85. The molecule has 0 aromatic heterocycles. The van der Waals surface area contributed by atoms with Crippen LogP contribution in [0.4, 0.5) is 4.39 Å². The highest BCUT2D eigenvalue weighted by atomic mass is 19.1. The second-order valence-electron chi connectivity index (χ2n) is 5.85. The molecule has 1 aromatic rings. The molecule has 2 unspecified atom stereocenters. The minimum absolute atomic E-state index is 0.112. The first kappa shape index (κ1) is 14.5. The summed E-state index contributed by atoms with van der Waals surface area (Å²) in [6, 6.07) is 7.33. The molecule has 0 amide bonds. The Hall–Kier alpha value is -0.930. The highest BCUT2D eigenvalue weighted by Gasteiger charge is 2.21. The van der Waals surface area contributed by atoms with Crippen molar-refractivity contribution in [3.8, 4) is 0 Å². The molecule has 1 aromatic carbocycles. The van der Waals surface area contributed by atoms with Crippen LogP contribution in [0.2, 0.25) is 0 Å². The zero-order valence-corrected chi connectivity index (χ0v) is 11.8. The van der Waals surface area contributed by atoms with Gasteiger partial charge in [0.05, 0.1) is 0 Å². The van der Waals surface area contributed by atoms with E-state index in [0.717, 1.165) is 18.5 Å².